The maximum atomic E-state index is 6.12. The molecule has 2 aromatic heterocycles. The fraction of sp³-hybridized carbons (Fsp3) is 0.350. The molecule has 4 rings (SSSR count). The van der Waals surface area contributed by atoms with Gasteiger partial charge in [-0.2, -0.15) is 0 Å². The molecule has 28 heavy (non-hydrogen) atoms. The van der Waals surface area contributed by atoms with Crippen LogP contribution in [0.25, 0.3) is 5.65 Å². The van der Waals surface area contributed by atoms with Crippen LogP contribution in [0.5, 0.6) is 0 Å². The van der Waals surface area contributed by atoms with Gasteiger partial charge in [-0.3, -0.25) is 9.39 Å². The van der Waals surface area contributed by atoms with E-state index >= 15 is 0 Å². The maximum absolute atomic E-state index is 6.12. The molecule has 8 heteroatoms. The van der Waals surface area contributed by atoms with Gasteiger partial charge >= 0.3 is 0 Å². The SMILES string of the molecule is CN=C(NCCc1nnc2ccccn12)NC1CCN(c2cccc(Cl)c2)C1. The van der Waals surface area contributed by atoms with E-state index in [1.807, 2.05) is 47.0 Å². The highest BCUT2D eigenvalue weighted by atomic mass is 35.5. The van der Waals surface area contributed by atoms with E-state index in [1.165, 1.54) is 5.69 Å². The average molecular weight is 398 g/mol. The lowest BCUT2D eigenvalue weighted by Crippen LogP contribution is -2.45. The van der Waals surface area contributed by atoms with Crippen LogP contribution in [0, 0.1) is 0 Å². The summed E-state index contributed by atoms with van der Waals surface area (Å²) in [6.45, 7) is 2.66. The molecule has 2 N–H and O–H groups in total. The summed E-state index contributed by atoms with van der Waals surface area (Å²) < 4.78 is 2.01. The number of anilines is 1. The van der Waals surface area contributed by atoms with Gasteiger partial charge in [-0.15, -0.1) is 10.2 Å². The van der Waals surface area contributed by atoms with Crippen LogP contribution >= 0.6 is 11.6 Å². The Kier molecular flexibility index (Phi) is 5.62. The van der Waals surface area contributed by atoms with Crippen LogP contribution in [-0.4, -0.2) is 53.3 Å². The van der Waals surface area contributed by atoms with E-state index in [0.29, 0.717) is 6.04 Å². The van der Waals surface area contributed by atoms with Crippen LogP contribution in [-0.2, 0) is 6.42 Å². The highest BCUT2D eigenvalue weighted by Crippen LogP contribution is 2.23. The number of fused-ring (bicyclic) bond motifs is 1. The average Bonchev–Trinajstić information content (AvgIpc) is 3.35. The van der Waals surface area contributed by atoms with E-state index in [2.05, 4.69) is 36.8 Å². The molecule has 0 bridgehead atoms. The van der Waals surface area contributed by atoms with E-state index in [4.69, 9.17) is 11.6 Å². The van der Waals surface area contributed by atoms with Gasteiger partial charge in [0.15, 0.2) is 11.6 Å². The number of pyridine rings is 1. The third kappa shape index (κ3) is 4.20. The lowest BCUT2D eigenvalue weighted by Gasteiger charge is -2.20. The van der Waals surface area contributed by atoms with Gasteiger partial charge in [0.05, 0.1) is 0 Å². The minimum absolute atomic E-state index is 0.346. The Labute approximate surface area is 169 Å². The van der Waals surface area contributed by atoms with E-state index in [0.717, 1.165) is 54.9 Å². The molecule has 3 heterocycles. The summed E-state index contributed by atoms with van der Waals surface area (Å²) >= 11 is 6.12. The first-order valence-corrected chi connectivity index (χ1v) is 9.87. The van der Waals surface area contributed by atoms with Crippen LogP contribution < -0.4 is 15.5 Å². The zero-order valence-corrected chi connectivity index (χ0v) is 16.6. The van der Waals surface area contributed by atoms with E-state index in [1.54, 1.807) is 7.05 Å². The van der Waals surface area contributed by atoms with Crippen molar-refractivity contribution in [2.45, 2.75) is 18.9 Å². The van der Waals surface area contributed by atoms with Crippen molar-refractivity contribution in [3.05, 3.63) is 59.5 Å². The molecule has 1 unspecified atom stereocenters. The van der Waals surface area contributed by atoms with Gasteiger partial charge in [-0.05, 0) is 36.8 Å². The van der Waals surface area contributed by atoms with Gasteiger partial charge in [0.2, 0.25) is 0 Å². The number of aliphatic imine (C=N–C) groups is 1. The van der Waals surface area contributed by atoms with Crippen LogP contribution in [0.4, 0.5) is 5.69 Å². The Bertz CT molecular complexity index is 968. The summed E-state index contributed by atoms with van der Waals surface area (Å²) in [6.07, 6.45) is 3.81. The summed E-state index contributed by atoms with van der Waals surface area (Å²) in [5.74, 6) is 1.75. The van der Waals surface area contributed by atoms with Gasteiger partial charge in [-0.1, -0.05) is 23.7 Å². The van der Waals surface area contributed by atoms with Crippen molar-refractivity contribution in [3.63, 3.8) is 0 Å². The second-order valence-electron chi connectivity index (χ2n) is 6.85. The molecule has 146 valence electrons. The van der Waals surface area contributed by atoms with Crippen LogP contribution in [0.1, 0.15) is 12.2 Å². The number of aromatic nitrogens is 3. The van der Waals surface area contributed by atoms with Gasteiger partial charge in [0.1, 0.15) is 5.82 Å². The summed E-state index contributed by atoms with van der Waals surface area (Å²) in [6, 6.07) is 14.3. The molecular weight excluding hydrogens is 374 g/mol. The molecule has 0 saturated carbocycles. The van der Waals surface area contributed by atoms with Crippen LogP contribution in [0.2, 0.25) is 5.02 Å². The number of nitrogens with zero attached hydrogens (tertiary/aromatic N) is 5. The van der Waals surface area contributed by atoms with Gasteiger partial charge in [0, 0.05) is 56.1 Å². The third-order valence-corrected chi connectivity index (χ3v) is 5.19. The number of halogens is 1. The van der Waals surface area contributed by atoms with E-state index in [-0.39, 0.29) is 0 Å². The number of rotatable bonds is 5. The van der Waals surface area contributed by atoms with Crippen molar-refractivity contribution >= 4 is 28.9 Å². The Hall–Kier alpha value is -2.80. The third-order valence-electron chi connectivity index (χ3n) is 4.95. The number of hydrogen-bond donors (Lipinski definition) is 2. The largest absolute Gasteiger partial charge is 0.369 e. The maximum Gasteiger partial charge on any atom is 0.191 e. The highest BCUT2D eigenvalue weighted by Gasteiger charge is 2.23. The lowest BCUT2D eigenvalue weighted by atomic mass is 10.2. The second kappa shape index (κ2) is 8.48. The first kappa shape index (κ1) is 18.6. The Morgan fingerprint density at radius 3 is 3.04 bits per heavy atom. The lowest BCUT2D eigenvalue weighted by molar-refractivity contribution is 0.646. The summed E-state index contributed by atoms with van der Waals surface area (Å²) in [4.78, 5) is 6.70. The Morgan fingerprint density at radius 1 is 1.25 bits per heavy atom. The number of hydrogen-bond acceptors (Lipinski definition) is 4. The van der Waals surface area contributed by atoms with E-state index < -0.39 is 0 Å². The smallest absolute Gasteiger partial charge is 0.191 e. The summed E-state index contributed by atoms with van der Waals surface area (Å²) in [5, 5.41) is 16.1. The van der Waals surface area contributed by atoms with Crippen LogP contribution in [0.15, 0.2) is 53.7 Å². The van der Waals surface area contributed by atoms with Crippen molar-refractivity contribution in [2.24, 2.45) is 4.99 Å². The monoisotopic (exact) mass is 397 g/mol. The predicted molar refractivity (Wildman–Crippen MR) is 113 cm³/mol. The molecule has 1 aliphatic rings. The normalized spacial score (nSPS) is 17.3. The van der Waals surface area contributed by atoms with E-state index in [9.17, 15) is 0 Å². The molecule has 1 fully saturated rings. The van der Waals surface area contributed by atoms with Crippen molar-refractivity contribution in [3.8, 4) is 0 Å². The van der Waals surface area contributed by atoms with Gasteiger partial charge in [0.25, 0.3) is 0 Å². The summed E-state index contributed by atoms with van der Waals surface area (Å²) in [7, 11) is 1.80. The van der Waals surface area contributed by atoms with Gasteiger partial charge in [-0.25, -0.2) is 0 Å². The van der Waals surface area contributed by atoms with Crippen molar-refractivity contribution in [1.29, 1.82) is 0 Å². The quantitative estimate of drug-likeness (QED) is 0.511. The fourth-order valence-corrected chi connectivity index (χ4v) is 3.71. The first-order chi connectivity index (χ1) is 13.7. The topological polar surface area (TPSA) is 69.8 Å². The second-order valence-corrected chi connectivity index (χ2v) is 7.29. The molecular formula is C20H24ClN7. The molecule has 1 atom stereocenters. The molecule has 0 radical (unpaired) electrons. The molecule has 1 aliphatic heterocycles. The zero-order valence-electron chi connectivity index (χ0n) is 15.8. The molecule has 0 aliphatic carbocycles. The number of benzene rings is 1. The molecule has 3 aromatic rings. The Balaban J connectivity index is 1.28. The van der Waals surface area contributed by atoms with Crippen molar-refractivity contribution < 1.29 is 0 Å². The highest BCUT2D eigenvalue weighted by molar-refractivity contribution is 6.30. The van der Waals surface area contributed by atoms with Gasteiger partial charge < -0.3 is 15.5 Å². The number of guanidine groups is 1. The molecule has 0 spiro atoms. The minimum Gasteiger partial charge on any atom is -0.369 e. The first-order valence-electron chi connectivity index (χ1n) is 9.49. The fourth-order valence-electron chi connectivity index (χ4n) is 3.53. The number of nitrogens with one attached hydrogen (secondary N) is 2. The van der Waals surface area contributed by atoms with Crippen molar-refractivity contribution in [1.82, 2.24) is 25.2 Å². The minimum atomic E-state index is 0.346. The summed E-state index contributed by atoms with van der Waals surface area (Å²) in [5.41, 5.74) is 2.03. The Morgan fingerprint density at radius 2 is 2.18 bits per heavy atom. The predicted octanol–water partition coefficient (Wildman–Crippen LogP) is 2.37. The van der Waals surface area contributed by atoms with Crippen molar-refractivity contribution in [2.75, 3.05) is 31.6 Å². The standard InChI is InChI=1S/C20H24ClN7/c1-22-20(23-10-8-19-26-25-18-7-2-3-11-28(18)19)24-16-9-12-27(14-16)17-6-4-5-15(21)13-17/h2-7,11,13,16H,8-10,12,14H2,1H3,(H2,22,23,24). The molecule has 1 aromatic carbocycles. The molecule has 7 nitrogen and oxygen atoms in total. The van der Waals surface area contributed by atoms with Crippen LogP contribution in [0.3, 0.4) is 0 Å². The molecule has 1 saturated heterocycles. The zero-order chi connectivity index (χ0) is 19.3. The molecule has 0 amide bonds.